The lowest BCUT2D eigenvalue weighted by Crippen LogP contribution is -2.51. The monoisotopic (exact) mass is 390 g/mol. The van der Waals surface area contributed by atoms with E-state index in [-0.39, 0.29) is 12.6 Å². The van der Waals surface area contributed by atoms with Crippen molar-refractivity contribution in [3.63, 3.8) is 0 Å². The van der Waals surface area contributed by atoms with E-state index in [1.165, 1.54) is 0 Å². The van der Waals surface area contributed by atoms with E-state index in [4.69, 9.17) is 9.79 Å². The van der Waals surface area contributed by atoms with Gasteiger partial charge in [0.2, 0.25) is 0 Å². The smallest absolute Gasteiger partial charge is 0.324 e. The molecule has 0 bridgehead atoms. The predicted octanol–water partition coefficient (Wildman–Crippen LogP) is 5.51. The molecule has 0 atom stereocenters. The first-order chi connectivity index (χ1) is 10.7. The van der Waals surface area contributed by atoms with Crippen molar-refractivity contribution in [3.05, 3.63) is 0 Å². The molecule has 2 N–H and O–H groups in total. The molecule has 3 nitrogen and oxygen atoms in total. The van der Waals surface area contributed by atoms with Gasteiger partial charge < -0.3 is 9.79 Å². The van der Waals surface area contributed by atoms with Crippen molar-refractivity contribution in [1.29, 1.82) is 0 Å². The molecule has 0 aromatic carbocycles. The van der Waals surface area contributed by atoms with Crippen LogP contribution in [0.5, 0.6) is 0 Å². The molecule has 0 fully saturated rings. The van der Waals surface area contributed by atoms with Crippen LogP contribution in [0.4, 0.5) is 30.7 Å². The molecule has 0 amide bonds. The maximum absolute atomic E-state index is 13.0. The van der Waals surface area contributed by atoms with E-state index in [2.05, 4.69) is 0 Å². The van der Waals surface area contributed by atoms with Crippen molar-refractivity contribution >= 4 is 7.60 Å². The highest BCUT2D eigenvalue weighted by molar-refractivity contribution is 7.51. The lowest BCUT2D eigenvalue weighted by atomic mass is 10.0. The molecule has 146 valence electrons. The third kappa shape index (κ3) is 8.67. The van der Waals surface area contributed by atoms with Crippen LogP contribution in [0.25, 0.3) is 0 Å². The molecule has 0 aliphatic carbocycles. The van der Waals surface area contributed by atoms with Crippen LogP contribution < -0.4 is 0 Å². The number of hydrogen-bond acceptors (Lipinski definition) is 1. The van der Waals surface area contributed by atoms with Crippen molar-refractivity contribution in [3.8, 4) is 0 Å². The molecule has 0 saturated heterocycles. The molecular formula is C13H22F7O3P. The Balaban J connectivity index is 3.78. The van der Waals surface area contributed by atoms with Gasteiger partial charge in [0.05, 0.1) is 0 Å². The number of alkyl halides is 7. The van der Waals surface area contributed by atoms with Crippen molar-refractivity contribution < 1.29 is 45.1 Å². The van der Waals surface area contributed by atoms with Gasteiger partial charge >= 0.3 is 25.6 Å². The van der Waals surface area contributed by atoms with Gasteiger partial charge in [-0.25, -0.2) is 0 Å². The molecular weight excluding hydrogens is 368 g/mol. The van der Waals surface area contributed by atoms with Crippen LogP contribution in [0.1, 0.15) is 57.8 Å². The van der Waals surface area contributed by atoms with E-state index in [1.54, 1.807) is 0 Å². The summed E-state index contributed by atoms with van der Waals surface area (Å²) in [4.78, 5) is 17.2. The second kappa shape index (κ2) is 9.38. The Hall–Kier alpha value is -0.340. The minimum atomic E-state index is -6.27. The molecule has 0 aromatic heterocycles. The van der Waals surface area contributed by atoms with E-state index in [0.29, 0.717) is 38.5 Å². The van der Waals surface area contributed by atoms with Crippen LogP contribution in [0.3, 0.4) is 0 Å². The zero-order valence-corrected chi connectivity index (χ0v) is 13.9. The Morgan fingerprint density at radius 2 is 1.04 bits per heavy atom. The van der Waals surface area contributed by atoms with Gasteiger partial charge in [-0.3, -0.25) is 4.57 Å². The van der Waals surface area contributed by atoms with Gasteiger partial charge in [-0.2, -0.15) is 30.7 Å². The Bertz CT molecular complexity index is 407. The fourth-order valence-electron chi connectivity index (χ4n) is 2.09. The predicted molar refractivity (Wildman–Crippen MR) is 74.4 cm³/mol. The van der Waals surface area contributed by atoms with Crippen LogP contribution in [0, 0.1) is 0 Å². The van der Waals surface area contributed by atoms with Crippen LogP contribution in [0.2, 0.25) is 0 Å². The highest BCUT2D eigenvalue weighted by Crippen LogP contribution is 2.48. The maximum Gasteiger partial charge on any atom is 0.459 e. The third-order valence-corrected chi connectivity index (χ3v) is 4.40. The summed E-state index contributed by atoms with van der Waals surface area (Å²) in [5.74, 6) is -11.1. The Morgan fingerprint density at radius 1 is 0.667 bits per heavy atom. The number of halogens is 7. The Labute approximate surface area is 135 Å². The van der Waals surface area contributed by atoms with Gasteiger partial charge in [0.1, 0.15) is 0 Å². The number of unbranched alkanes of at least 4 members (excludes halogenated alkanes) is 7. The molecule has 0 aliphatic rings. The minimum Gasteiger partial charge on any atom is -0.324 e. The third-order valence-electron chi connectivity index (χ3n) is 3.51. The van der Waals surface area contributed by atoms with Crippen molar-refractivity contribution in [2.75, 3.05) is 6.16 Å². The van der Waals surface area contributed by atoms with Crippen molar-refractivity contribution in [1.82, 2.24) is 0 Å². The molecule has 0 heterocycles. The van der Waals surface area contributed by atoms with E-state index in [9.17, 15) is 35.3 Å². The molecule has 0 aliphatic heterocycles. The lowest BCUT2D eigenvalue weighted by Gasteiger charge is -2.28. The lowest BCUT2D eigenvalue weighted by molar-refractivity contribution is -0.355. The molecule has 0 unspecified atom stereocenters. The van der Waals surface area contributed by atoms with Crippen LogP contribution in [-0.4, -0.2) is 34.0 Å². The van der Waals surface area contributed by atoms with Gasteiger partial charge in [-0.15, -0.1) is 0 Å². The largest absolute Gasteiger partial charge is 0.459 e. The van der Waals surface area contributed by atoms with Crippen LogP contribution in [-0.2, 0) is 4.57 Å². The summed E-state index contributed by atoms with van der Waals surface area (Å²) in [5.41, 5.74) is 0. The van der Waals surface area contributed by atoms with Crippen LogP contribution >= 0.6 is 7.60 Å². The standard InChI is InChI=1S/C13H22F7O3P/c14-11(15,12(16,17)13(18,19)20)9-7-5-3-1-2-4-6-8-10-24(21,22)23/h1-10H2,(H2,21,22,23). The second-order valence-corrected chi connectivity index (χ2v) is 7.52. The summed E-state index contributed by atoms with van der Waals surface area (Å²) in [6.07, 6.45) is -4.98. The first kappa shape index (κ1) is 23.7. The summed E-state index contributed by atoms with van der Waals surface area (Å²) >= 11 is 0. The molecule has 0 radical (unpaired) electrons. The van der Waals surface area contributed by atoms with E-state index < -0.39 is 38.5 Å². The van der Waals surface area contributed by atoms with Crippen molar-refractivity contribution in [2.45, 2.75) is 75.8 Å². The van der Waals surface area contributed by atoms with Gasteiger partial charge in [0, 0.05) is 12.6 Å². The summed E-state index contributed by atoms with van der Waals surface area (Å²) < 4.78 is 97.4. The molecule has 0 saturated carbocycles. The van der Waals surface area contributed by atoms with Crippen molar-refractivity contribution in [2.24, 2.45) is 0 Å². The van der Waals surface area contributed by atoms with Gasteiger partial charge in [-0.1, -0.05) is 38.5 Å². The van der Waals surface area contributed by atoms with E-state index in [0.717, 1.165) is 0 Å². The second-order valence-electron chi connectivity index (χ2n) is 5.74. The summed E-state index contributed by atoms with van der Waals surface area (Å²) in [6, 6.07) is 0. The minimum absolute atomic E-state index is 0.117. The fraction of sp³-hybridized carbons (Fsp3) is 1.00. The number of rotatable bonds is 12. The van der Waals surface area contributed by atoms with E-state index in [1.807, 2.05) is 0 Å². The van der Waals surface area contributed by atoms with Gasteiger partial charge in [-0.05, 0) is 12.8 Å². The molecule has 0 aromatic rings. The molecule has 0 spiro atoms. The first-order valence-corrected chi connectivity index (χ1v) is 9.37. The summed E-state index contributed by atoms with van der Waals surface area (Å²) in [5, 5.41) is 0. The number of hydrogen-bond donors (Lipinski definition) is 2. The van der Waals surface area contributed by atoms with Gasteiger partial charge in [0.15, 0.2) is 0 Å². The first-order valence-electron chi connectivity index (χ1n) is 7.58. The highest BCUT2D eigenvalue weighted by Gasteiger charge is 2.72. The highest BCUT2D eigenvalue weighted by atomic mass is 31.2. The summed E-state index contributed by atoms with van der Waals surface area (Å²) in [7, 11) is -3.99. The quantitative estimate of drug-likeness (QED) is 0.263. The maximum atomic E-state index is 13.0. The van der Waals surface area contributed by atoms with Crippen LogP contribution in [0.15, 0.2) is 0 Å². The van der Waals surface area contributed by atoms with E-state index >= 15 is 0 Å². The normalized spacial score (nSPS) is 14.2. The summed E-state index contributed by atoms with van der Waals surface area (Å²) in [6.45, 7) is 0. The molecule has 11 heteroatoms. The zero-order chi connectivity index (χ0) is 19.1. The fourth-order valence-corrected chi connectivity index (χ4v) is 2.73. The Morgan fingerprint density at radius 3 is 1.42 bits per heavy atom. The average molecular weight is 390 g/mol. The zero-order valence-electron chi connectivity index (χ0n) is 13.0. The SMILES string of the molecule is O=P(O)(O)CCCCCCCCCCC(F)(F)C(F)(F)C(F)(F)F. The topological polar surface area (TPSA) is 57.5 Å². The van der Waals surface area contributed by atoms with Gasteiger partial charge in [0.25, 0.3) is 0 Å². The average Bonchev–Trinajstić information content (AvgIpc) is 2.38. The molecule has 0 rings (SSSR count). The molecule has 24 heavy (non-hydrogen) atoms. The Kier molecular flexibility index (Phi) is 9.25.